The maximum absolute atomic E-state index is 12.8. The van der Waals surface area contributed by atoms with Crippen LogP contribution in [-0.4, -0.2) is 32.1 Å². The molecule has 0 unspecified atom stereocenters. The zero-order valence-corrected chi connectivity index (χ0v) is 13.4. The summed E-state index contributed by atoms with van der Waals surface area (Å²) in [6.45, 7) is 3.31. The quantitative estimate of drug-likeness (QED) is 0.479. The lowest BCUT2D eigenvalue weighted by Crippen LogP contribution is -2.38. The summed E-state index contributed by atoms with van der Waals surface area (Å²) >= 11 is 0. The van der Waals surface area contributed by atoms with E-state index >= 15 is 0 Å². The van der Waals surface area contributed by atoms with Gasteiger partial charge in [-0.3, -0.25) is 4.79 Å². The van der Waals surface area contributed by atoms with Crippen molar-refractivity contribution in [3.05, 3.63) is 61.9 Å². The number of aromatic nitrogens is 3. The van der Waals surface area contributed by atoms with Crippen molar-refractivity contribution in [2.45, 2.75) is 26.6 Å². The van der Waals surface area contributed by atoms with Gasteiger partial charge in [-0.2, -0.15) is 5.10 Å². The summed E-state index contributed by atoms with van der Waals surface area (Å²) in [6, 6.07) is 4.74. The Bertz CT molecular complexity index is 920. The maximum atomic E-state index is 12.8. The Morgan fingerprint density at radius 3 is 2.88 bits per heavy atom. The molecule has 2 heterocycles. The van der Waals surface area contributed by atoms with Gasteiger partial charge >= 0.3 is 0 Å². The number of nitrogens with zero attached hydrogens (tertiary/aromatic N) is 10. The molecule has 1 aliphatic rings. The zero-order valence-electron chi connectivity index (χ0n) is 13.4. The first-order chi connectivity index (χ1) is 12.1. The number of carbonyl (C=O) groups is 1. The highest BCUT2D eigenvalue weighted by Crippen LogP contribution is 2.22. The lowest BCUT2D eigenvalue weighted by molar-refractivity contribution is 0.0702. The third-order valence-corrected chi connectivity index (χ3v) is 3.76. The minimum absolute atomic E-state index is 0.0685. The lowest BCUT2D eigenvalue weighted by Gasteiger charge is -2.27. The Balaban J connectivity index is 1.89. The first-order valence-electron chi connectivity index (χ1n) is 7.50. The summed E-state index contributed by atoms with van der Waals surface area (Å²) in [6.07, 6.45) is 0. The van der Waals surface area contributed by atoms with E-state index in [0.717, 1.165) is 5.82 Å². The van der Waals surface area contributed by atoms with E-state index in [1.165, 1.54) is 6.07 Å². The number of benzene rings is 1. The molecule has 25 heavy (non-hydrogen) atoms. The molecule has 0 atom stereocenters. The Kier molecular flexibility index (Phi) is 4.51. The Morgan fingerprint density at radius 1 is 1.28 bits per heavy atom. The molecule has 1 aromatic heterocycles. The smallest absolute Gasteiger partial charge is 0.254 e. The summed E-state index contributed by atoms with van der Waals surface area (Å²) in [5.74, 6) is 1.20. The summed E-state index contributed by atoms with van der Waals surface area (Å²) in [7, 11) is 0. The molecule has 0 saturated heterocycles. The van der Waals surface area contributed by atoms with Crippen molar-refractivity contribution in [1.29, 1.82) is 0 Å². The molecule has 2 aromatic rings. The molecule has 126 valence electrons. The molecular formula is C14H14N10O. The topological polar surface area (TPSA) is 149 Å². The van der Waals surface area contributed by atoms with Crippen LogP contribution in [0.25, 0.3) is 20.9 Å². The molecular weight excluding hydrogens is 324 g/mol. The molecule has 0 radical (unpaired) electrons. The number of azide groups is 2. The number of rotatable bonds is 4. The van der Waals surface area contributed by atoms with Gasteiger partial charge in [-0.15, -0.1) is 0 Å². The van der Waals surface area contributed by atoms with Gasteiger partial charge in [0.05, 0.1) is 19.6 Å². The minimum atomic E-state index is -0.205. The van der Waals surface area contributed by atoms with Crippen molar-refractivity contribution in [3.8, 4) is 0 Å². The van der Waals surface area contributed by atoms with Gasteiger partial charge in [-0.1, -0.05) is 10.2 Å². The number of fused-ring (bicyclic) bond motifs is 1. The standard InChI is InChI=1S/C14H14N10O/c1-9-18-13-8-23(2-3-24(13)20-9)14(25)11-4-10(7-17-21-15)5-12(6-11)19-22-16/h4-6H,2-3,7-8H2,1H3. The number of carbonyl (C=O) groups excluding carboxylic acids is 1. The van der Waals surface area contributed by atoms with Crippen LogP contribution in [0.15, 0.2) is 28.4 Å². The highest BCUT2D eigenvalue weighted by atomic mass is 16.2. The highest BCUT2D eigenvalue weighted by Gasteiger charge is 2.24. The predicted octanol–water partition coefficient (Wildman–Crippen LogP) is 2.99. The molecule has 0 N–H and O–H groups in total. The Morgan fingerprint density at radius 2 is 2.12 bits per heavy atom. The van der Waals surface area contributed by atoms with E-state index in [4.69, 9.17) is 11.1 Å². The van der Waals surface area contributed by atoms with Gasteiger partial charge in [-0.25, -0.2) is 9.67 Å². The fourth-order valence-corrected chi connectivity index (χ4v) is 2.73. The molecule has 0 bridgehead atoms. The molecule has 11 nitrogen and oxygen atoms in total. The molecule has 1 amide bonds. The molecule has 0 fully saturated rings. The second-order valence-electron chi connectivity index (χ2n) is 5.49. The van der Waals surface area contributed by atoms with Gasteiger partial charge < -0.3 is 4.90 Å². The van der Waals surface area contributed by atoms with E-state index in [1.54, 1.807) is 21.7 Å². The molecule has 0 spiro atoms. The molecule has 1 aliphatic heterocycles. The van der Waals surface area contributed by atoms with Gasteiger partial charge in [0.15, 0.2) is 0 Å². The molecule has 0 aliphatic carbocycles. The van der Waals surface area contributed by atoms with Crippen LogP contribution in [0.2, 0.25) is 0 Å². The van der Waals surface area contributed by atoms with Gasteiger partial charge in [0, 0.05) is 27.6 Å². The van der Waals surface area contributed by atoms with E-state index < -0.39 is 0 Å². The molecule has 1 aromatic carbocycles. The number of hydrogen-bond donors (Lipinski definition) is 0. The summed E-state index contributed by atoms with van der Waals surface area (Å²) in [4.78, 5) is 24.3. The van der Waals surface area contributed by atoms with Crippen molar-refractivity contribution in [2.24, 2.45) is 10.2 Å². The van der Waals surface area contributed by atoms with Crippen molar-refractivity contribution >= 4 is 11.6 Å². The Labute approximate surface area is 142 Å². The number of amides is 1. The third-order valence-electron chi connectivity index (χ3n) is 3.76. The van der Waals surface area contributed by atoms with Crippen LogP contribution >= 0.6 is 0 Å². The first kappa shape index (κ1) is 16.3. The average molecular weight is 338 g/mol. The summed E-state index contributed by atoms with van der Waals surface area (Å²) in [5, 5.41) is 11.3. The monoisotopic (exact) mass is 338 g/mol. The van der Waals surface area contributed by atoms with Gasteiger partial charge in [0.2, 0.25) is 0 Å². The van der Waals surface area contributed by atoms with Crippen LogP contribution in [-0.2, 0) is 19.6 Å². The minimum Gasteiger partial charge on any atom is -0.329 e. The van der Waals surface area contributed by atoms with Crippen molar-refractivity contribution < 1.29 is 4.79 Å². The zero-order chi connectivity index (χ0) is 17.8. The summed E-state index contributed by atoms with van der Waals surface area (Å²) < 4.78 is 1.79. The van der Waals surface area contributed by atoms with E-state index in [9.17, 15) is 4.79 Å². The normalized spacial score (nSPS) is 12.8. The van der Waals surface area contributed by atoms with E-state index in [-0.39, 0.29) is 12.5 Å². The molecule has 0 saturated carbocycles. The van der Waals surface area contributed by atoms with E-state index in [0.29, 0.717) is 42.3 Å². The van der Waals surface area contributed by atoms with Crippen molar-refractivity contribution in [3.63, 3.8) is 0 Å². The van der Waals surface area contributed by atoms with Crippen LogP contribution in [0.1, 0.15) is 27.6 Å². The van der Waals surface area contributed by atoms with E-state index in [2.05, 4.69) is 30.1 Å². The average Bonchev–Trinajstić information content (AvgIpc) is 2.98. The number of hydrogen-bond acceptors (Lipinski definition) is 5. The maximum Gasteiger partial charge on any atom is 0.254 e. The second kappa shape index (κ2) is 6.91. The largest absolute Gasteiger partial charge is 0.329 e. The lowest BCUT2D eigenvalue weighted by atomic mass is 10.1. The Hall–Kier alpha value is -3.55. The van der Waals surface area contributed by atoms with Crippen LogP contribution in [0.3, 0.4) is 0 Å². The van der Waals surface area contributed by atoms with Crippen molar-refractivity contribution in [2.75, 3.05) is 6.54 Å². The fraction of sp³-hybridized carbons (Fsp3) is 0.357. The third kappa shape index (κ3) is 3.52. The molecule has 3 rings (SSSR count). The van der Waals surface area contributed by atoms with Crippen LogP contribution < -0.4 is 0 Å². The van der Waals surface area contributed by atoms with Crippen molar-refractivity contribution in [1.82, 2.24) is 19.7 Å². The second-order valence-corrected chi connectivity index (χ2v) is 5.49. The van der Waals surface area contributed by atoms with Gasteiger partial charge in [0.25, 0.3) is 5.91 Å². The predicted molar refractivity (Wildman–Crippen MR) is 87.6 cm³/mol. The highest BCUT2D eigenvalue weighted by molar-refractivity contribution is 5.95. The number of aryl methyl sites for hydroxylation is 1. The van der Waals surface area contributed by atoms with E-state index in [1.807, 2.05) is 6.92 Å². The van der Waals surface area contributed by atoms with Crippen LogP contribution in [0.5, 0.6) is 0 Å². The SMILES string of the molecule is Cc1nc2n(n1)CCN(C(=O)c1cc(CN=[N+]=[N-])cc(N=[N+]=[N-])c1)C2. The fourth-order valence-electron chi connectivity index (χ4n) is 2.73. The van der Waals surface area contributed by atoms with Crippen LogP contribution in [0, 0.1) is 6.92 Å². The first-order valence-corrected chi connectivity index (χ1v) is 7.50. The van der Waals surface area contributed by atoms with Gasteiger partial charge in [0.1, 0.15) is 11.6 Å². The van der Waals surface area contributed by atoms with Crippen LogP contribution in [0.4, 0.5) is 5.69 Å². The summed E-state index contributed by atoms with van der Waals surface area (Å²) in [5.41, 5.74) is 18.4. The van der Waals surface area contributed by atoms with Gasteiger partial charge in [-0.05, 0) is 41.7 Å². The molecule has 11 heteroatoms.